The molecule has 31 heavy (non-hydrogen) atoms. The van der Waals surface area contributed by atoms with Crippen molar-refractivity contribution in [3.05, 3.63) is 69.3 Å². The number of amides is 2. The maximum absolute atomic E-state index is 13.0. The molecule has 0 aliphatic carbocycles. The van der Waals surface area contributed by atoms with Crippen LogP contribution < -0.4 is 15.5 Å². The molecule has 0 aliphatic rings. The van der Waals surface area contributed by atoms with Gasteiger partial charge in [0.2, 0.25) is 0 Å². The Hall–Kier alpha value is -3.95. The zero-order valence-electron chi connectivity index (χ0n) is 17.5. The van der Waals surface area contributed by atoms with Crippen LogP contribution in [-0.2, 0) is 4.74 Å². The van der Waals surface area contributed by atoms with E-state index in [0.717, 1.165) is 0 Å². The van der Waals surface area contributed by atoms with Crippen molar-refractivity contribution in [1.29, 1.82) is 0 Å². The zero-order valence-corrected chi connectivity index (χ0v) is 17.5. The van der Waals surface area contributed by atoms with Crippen LogP contribution in [0.2, 0.25) is 0 Å². The van der Waals surface area contributed by atoms with Crippen LogP contribution in [0, 0.1) is 10.1 Å². The van der Waals surface area contributed by atoms with Crippen LogP contribution in [0.15, 0.2) is 42.5 Å². The molecule has 0 saturated carbocycles. The number of nitrogens with one attached hydrogen (secondary N) is 2. The average Bonchev–Trinajstić information content (AvgIpc) is 2.75. The van der Waals surface area contributed by atoms with Gasteiger partial charge in [0.1, 0.15) is 5.69 Å². The van der Waals surface area contributed by atoms with Crippen molar-refractivity contribution in [3.63, 3.8) is 0 Å². The molecule has 2 aromatic rings. The third-order valence-electron chi connectivity index (χ3n) is 4.29. The Balaban J connectivity index is 2.20. The van der Waals surface area contributed by atoms with Gasteiger partial charge in [0.15, 0.2) is 5.78 Å². The molecule has 0 fully saturated rings. The van der Waals surface area contributed by atoms with Crippen molar-refractivity contribution >= 4 is 29.2 Å². The van der Waals surface area contributed by atoms with E-state index in [0.29, 0.717) is 5.69 Å². The maximum Gasteiger partial charge on any atom is 0.407 e. The number of anilines is 1. The van der Waals surface area contributed by atoms with E-state index in [9.17, 15) is 24.5 Å². The van der Waals surface area contributed by atoms with E-state index < -0.39 is 22.7 Å². The van der Waals surface area contributed by atoms with Gasteiger partial charge in [-0.1, -0.05) is 18.2 Å². The number of nitrogens with zero attached hydrogens (tertiary/aromatic N) is 2. The van der Waals surface area contributed by atoms with Crippen molar-refractivity contribution in [2.75, 3.05) is 38.7 Å². The standard InChI is InChI=1S/C21H24N4O6/c1-4-31-21(28)23-12-11-22-20(27)16-8-6-5-7-15(16)19(26)14-9-10-17(24(2)3)18(13-14)25(29)30/h5-10,13H,4,11-12H2,1-3H3,(H,22,27)(H,23,28). The normalized spacial score (nSPS) is 10.2. The third kappa shape index (κ3) is 6.01. The van der Waals surface area contributed by atoms with Crippen LogP contribution in [0.4, 0.5) is 16.2 Å². The molecule has 0 spiro atoms. The summed E-state index contributed by atoms with van der Waals surface area (Å²) in [6, 6.07) is 10.4. The molecular weight excluding hydrogens is 404 g/mol. The molecular formula is C21H24N4O6. The minimum Gasteiger partial charge on any atom is -0.450 e. The molecule has 0 atom stereocenters. The molecule has 0 heterocycles. The molecule has 0 saturated heterocycles. The lowest BCUT2D eigenvalue weighted by molar-refractivity contribution is -0.384. The van der Waals surface area contributed by atoms with Gasteiger partial charge in [-0.2, -0.15) is 0 Å². The quantitative estimate of drug-likeness (QED) is 0.271. The van der Waals surface area contributed by atoms with Crippen molar-refractivity contribution in [2.45, 2.75) is 6.92 Å². The lowest BCUT2D eigenvalue weighted by atomic mass is 9.97. The first-order valence-electron chi connectivity index (χ1n) is 9.54. The summed E-state index contributed by atoms with van der Waals surface area (Å²) in [7, 11) is 3.33. The summed E-state index contributed by atoms with van der Waals surface area (Å²) in [5, 5.41) is 16.5. The smallest absolute Gasteiger partial charge is 0.407 e. The molecule has 0 bridgehead atoms. The first kappa shape index (κ1) is 23.3. The molecule has 2 aromatic carbocycles. The lowest BCUT2D eigenvalue weighted by Crippen LogP contribution is -2.35. The fourth-order valence-corrected chi connectivity index (χ4v) is 2.84. The van der Waals surface area contributed by atoms with Crippen molar-refractivity contribution in [1.82, 2.24) is 10.6 Å². The Morgan fingerprint density at radius 2 is 1.68 bits per heavy atom. The predicted molar refractivity (Wildman–Crippen MR) is 115 cm³/mol. The molecule has 10 nitrogen and oxygen atoms in total. The van der Waals surface area contributed by atoms with Crippen LogP contribution in [0.5, 0.6) is 0 Å². The first-order chi connectivity index (χ1) is 14.8. The third-order valence-corrected chi connectivity index (χ3v) is 4.29. The topological polar surface area (TPSA) is 131 Å². The summed E-state index contributed by atoms with van der Waals surface area (Å²) in [5.74, 6) is -1.02. The summed E-state index contributed by atoms with van der Waals surface area (Å²) in [6.07, 6.45) is -0.588. The Bertz CT molecular complexity index is 990. The van der Waals surface area contributed by atoms with E-state index in [1.807, 2.05) is 0 Å². The van der Waals surface area contributed by atoms with Gasteiger partial charge in [-0.15, -0.1) is 0 Å². The molecule has 0 radical (unpaired) electrons. The molecule has 0 unspecified atom stereocenters. The highest BCUT2D eigenvalue weighted by Crippen LogP contribution is 2.29. The minimum absolute atomic E-state index is 0.0986. The summed E-state index contributed by atoms with van der Waals surface area (Å²) in [6.45, 7) is 2.20. The number of hydrogen-bond donors (Lipinski definition) is 2. The Labute approximate surface area is 179 Å². The van der Waals surface area contributed by atoms with Gasteiger partial charge < -0.3 is 20.3 Å². The van der Waals surface area contributed by atoms with Gasteiger partial charge in [-0.25, -0.2) is 4.79 Å². The summed E-state index contributed by atoms with van der Waals surface area (Å²) in [5.41, 5.74) is 0.499. The van der Waals surface area contributed by atoms with Gasteiger partial charge in [0.25, 0.3) is 11.6 Å². The van der Waals surface area contributed by atoms with Gasteiger partial charge in [0, 0.05) is 44.4 Å². The Kier molecular flexibility index (Phi) is 8.07. The van der Waals surface area contributed by atoms with Crippen LogP contribution in [0.25, 0.3) is 0 Å². The molecule has 2 amide bonds. The van der Waals surface area contributed by atoms with E-state index in [2.05, 4.69) is 10.6 Å². The largest absolute Gasteiger partial charge is 0.450 e. The number of ketones is 1. The minimum atomic E-state index is -0.588. The summed E-state index contributed by atoms with van der Waals surface area (Å²) in [4.78, 5) is 49.3. The number of benzene rings is 2. The van der Waals surface area contributed by atoms with Crippen molar-refractivity contribution in [2.24, 2.45) is 0 Å². The number of alkyl carbamates (subject to hydrolysis) is 1. The van der Waals surface area contributed by atoms with E-state index in [-0.39, 0.29) is 42.1 Å². The van der Waals surface area contributed by atoms with Crippen LogP contribution in [0.3, 0.4) is 0 Å². The number of nitro benzene ring substituents is 1. The highest BCUT2D eigenvalue weighted by molar-refractivity contribution is 6.15. The summed E-state index contributed by atoms with van der Waals surface area (Å²) >= 11 is 0. The monoisotopic (exact) mass is 428 g/mol. The Morgan fingerprint density at radius 1 is 1.03 bits per heavy atom. The van der Waals surface area contributed by atoms with E-state index >= 15 is 0 Å². The first-order valence-corrected chi connectivity index (χ1v) is 9.54. The fourth-order valence-electron chi connectivity index (χ4n) is 2.84. The van der Waals surface area contributed by atoms with Crippen LogP contribution in [0.1, 0.15) is 33.2 Å². The molecule has 2 rings (SSSR count). The zero-order chi connectivity index (χ0) is 23.0. The molecule has 0 aliphatic heterocycles. The van der Waals surface area contributed by atoms with Gasteiger partial charge in [-0.3, -0.25) is 19.7 Å². The van der Waals surface area contributed by atoms with Crippen LogP contribution in [-0.4, -0.2) is 56.5 Å². The number of hydrogen-bond acceptors (Lipinski definition) is 7. The van der Waals surface area contributed by atoms with Gasteiger partial charge in [0.05, 0.1) is 17.1 Å². The number of carbonyl (C=O) groups excluding carboxylic acids is 3. The second kappa shape index (κ2) is 10.7. The van der Waals surface area contributed by atoms with Crippen LogP contribution >= 0.6 is 0 Å². The Morgan fingerprint density at radius 3 is 2.29 bits per heavy atom. The highest BCUT2D eigenvalue weighted by Gasteiger charge is 2.22. The summed E-state index contributed by atoms with van der Waals surface area (Å²) < 4.78 is 4.72. The highest BCUT2D eigenvalue weighted by atomic mass is 16.6. The van der Waals surface area contributed by atoms with Gasteiger partial charge in [-0.05, 0) is 25.1 Å². The maximum atomic E-state index is 13.0. The molecule has 10 heteroatoms. The molecule has 2 N–H and O–H groups in total. The second-order valence-electron chi connectivity index (χ2n) is 6.63. The second-order valence-corrected chi connectivity index (χ2v) is 6.63. The molecule has 164 valence electrons. The lowest BCUT2D eigenvalue weighted by Gasteiger charge is -2.14. The van der Waals surface area contributed by atoms with E-state index in [4.69, 9.17) is 4.74 Å². The number of nitro groups is 1. The SMILES string of the molecule is CCOC(=O)NCCNC(=O)c1ccccc1C(=O)c1ccc(N(C)C)c([N+](=O)[O-])c1. The van der Waals surface area contributed by atoms with E-state index in [1.54, 1.807) is 38.1 Å². The predicted octanol–water partition coefficient (Wildman–Crippen LogP) is 2.37. The van der Waals surface area contributed by atoms with Crippen molar-refractivity contribution < 1.29 is 24.0 Å². The molecule has 0 aromatic heterocycles. The fraction of sp³-hybridized carbons (Fsp3) is 0.286. The average molecular weight is 428 g/mol. The van der Waals surface area contributed by atoms with Gasteiger partial charge >= 0.3 is 6.09 Å². The number of rotatable bonds is 9. The van der Waals surface area contributed by atoms with E-state index in [1.165, 1.54) is 30.3 Å². The number of ether oxygens (including phenoxy) is 1. The van der Waals surface area contributed by atoms with Crippen molar-refractivity contribution in [3.8, 4) is 0 Å². The number of carbonyl (C=O) groups is 3.